The second-order valence-electron chi connectivity index (χ2n) is 7.44. The van der Waals surface area contributed by atoms with Crippen molar-refractivity contribution in [1.82, 2.24) is 19.9 Å². The van der Waals surface area contributed by atoms with E-state index in [0.717, 1.165) is 25.0 Å². The van der Waals surface area contributed by atoms with Crippen molar-refractivity contribution in [3.63, 3.8) is 0 Å². The highest BCUT2D eigenvalue weighted by Gasteiger charge is 2.32. The largest absolute Gasteiger partial charge is 0.328 e. The molecule has 1 aliphatic rings. The molecule has 0 spiro atoms. The summed E-state index contributed by atoms with van der Waals surface area (Å²) in [6, 6.07) is 5.71. The number of benzene rings is 1. The number of thiazole rings is 1. The van der Waals surface area contributed by atoms with Gasteiger partial charge in [-0.15, -0.1) is 11.3 Å². The van der Waals surface area contributed by atoms with E-state index in [9.17, 15) is 14.0 Å². The topological polar surface area (TPSA) is 88.1 Å². The number of nitrogens with one attached hydrogen (secondary N) is 1. The number of anilines is 1. The molecular weight excluding hydrogens is 417 g/mol. The number of para-hydroxylation sites is 1. The fourth-order valence-electron chi connectivity index (χ4n) is 3.70. The molecule has 2 aromatic heterocycles. The molecule has 1 aromatic carbocycles. The summed E-state index contributed by atoms with van der Waals surface area (Å²) in [4.78, 5) is 41.3. The molecule has 1 fully saturated rings. The highest BCUT2D eigenvalue weighted by molar-refractivity contribution is 7.11. The minimum Gasteiger partial charge on any atom is -0.328 e. The number of aromatic nitrogens is 3. The Morgan fingerprint density at radius 3 is 2.68 bits per heavy atom. The Balaban J connectivity index is 1.57. The van der Waals surface area contributed by atoms with Crippen LogP contribution in [-0.4, -0.2) is 38.2 Å². The summed E-state index contributed by atoms with van der Waals surface area (Å²) < 4.78 is 13.8. The zero-order chi connectivity index (χ0) is 22.0. The number of aryl methyl sites for hydroxylation is 2. The molecule has 0 saturated carbocycles. The highest BCUT2D eigenvalue weighted by Crippen LogP contribution is 2.32. The standard InChI is InChI=1S/C22H22FN5O2S/c1-13-15(21(29)27-17-8-4-3-7-16(17)23)11-24-20(26-13)18-9-5-6-10-28(18)22(30)19-14(2)25-12-31-19/h3-4,7-8,11-12,18H,5-6,9-10H2,1-2H3,(H,27,29). The van der Waals surface area contributed by atoms with E-state index >= 15 is 0 Å². The summed E-state index contributed by atoms with van der Waals surface area (Å²) in [6.07, 6.45) is 4.09. The minimum absolute atomic E-state index is 0.0627. The fraction of sp³-hybridized carbons (Fsp3) is 0.318. The molecule has 4 rings (SSSR count). The lowest BCUT2D eigenvalue weighted by molar-refractivity contribution is 0.0603. The number of carbonyl (C=O) groups is 2. The third-order valence-electron chi connectivity index (χ3n) is 5.37. The van der Waals surface area contributed by atoms with Crippen molar-refractivity contribution in [1.29, 1.82) is 0 Å². The van der Waals surface area contributed by atoms with E-state index in [4.69, 9.17) is 0 Å². The van der Waals surface area contributed by atoms with Crippen LogP contribution in [0, 0.1) is 19.7 Å². The fourth-order valence-corrected chi connectivity index (χ4v) is 4.46. The Morgan fingerprint density at radius 2 is 1.97 bits per heavy atom. The van der Waals surface area contributed by atoms with Crippen molar-refractivity contribution in [3.8, 4) is 0 Å². The monoisotopic (exact) mass is 439 g/mol. The quantitative estimate of drug-likeness (QED) is 0.655. The third-order valence-corrected chi connectivity index (χ3v) is 6.28. The summed E-state index contributed by atoms with van der Waals surface area (Å²) in [5.74, 6) is -0.547. The molecular formula is C22H22FN5O2S. The van der Waals surface area contributed by atoms with Crippen LogP contribution in [0.2, 0.25) is 0 Å². The van der Waals surface area contributed by atoms with Gasteiger partial charge in [-0.1, -0.05) is 12.1 Å². The van der Waals surface area contributed by atoms with Crippen LogP contribution in [0.15, 0.2) is 36.0 Å². The molecule has 1 unspecified atom stereocenters. The summed E-state index contributed by atoms with van der Waals surface area (Å²) >= 11 is 1.33. The number of carbonyl (C=O) groups excluding carboxylic acids is 2. The molecule has 0 bridgehead atoms. The number of amides is 2. The lowest BCUT2D eigenvalue weighted by Crippen LogP contribution is -2.39. The van der Waals surface area contributed by atoms with Crippen molar-refractivity contribution < 1.29 is 14.0 Å². The smallest absolute Gasteiger partial charge is 0.266 e. The van der Waals surface area contributed by atoms with Gasteiger partial charge in [-0.2, -0.15) is 0 Å². The molecule has 3 aromatic rings. The van der Waals surface area contributed by atoms with E-state index in [1.165, 1.54) is 29.7 Å². The molecule has 2 amide bonds. The molecule has 1 saturated heterocycles. The molecule has 1 N–H and O–H groups in total. The molecule has 0 aliphatic carbocycles. The molecule has 9 heteroatoms. The average Bonchev–Trinajstić information content (AvgIpc) is 3.20. The average molecular weight is 440 g/mol. The lowest BCUT2D eigenvalue weighted by Gasteiger charge is -2.34. The van der Waals surface area contributed by atoms with Gasteiger partial charge in [-0.05, 0) is 45.2 Å². The number of piperidine rings is 1. The first-order valence-corrected chi connectivity index (χ1v) is 10.9. The van der Waals surface area contributed by atoms with Crippen LogP contribution in [0.3, 0.4) is 0 Å². The molecule has 3 heterocycles. The van der Waals surface area contributed by atoms with Crippen molar-refractivity contribution in [2.45, 2.75) is 39.2 Å². The maximum atomic E-state index is 13.8. The van der Waals surface area contributed by atoms with E-state index in [-0.39, 0.29) is 23.2 Å². The van der Waals surface area contributed by atoms with E-state index in [1.54, 1.807) is 29.5 Å². The van der Waals surface area contributed by atoms with E-state index < -0.39 is 11.7 Å². The number of hydrogen-bond acceptors (Lipinski definition) is 6. The Bertz CT molecular complexity index is 1130. The van der Waals surface area contributed by atoms with Crippen LogP contribution >= 0.6 is 11.3 Å². The molecule has 160 valence electrons. The summed E-state index contributed by atoms with van der Waals surface area (Å²) in [5.41, 5.74) is 3.23. The first-order valence-electron chi connectivity index (χ1n) is 10.1. The van der Waals surface area contributed by atoms with Gasteiger partial charge in [0.2, 0.25) is 0 Å². The van der Waals surface area contributed by atoms with Gasteiger partial charge in [0.25, 0.3) is 11.8 Å². The number of hydrogen-bond donors (Lipinski definition) is 1. The first kappa shape index (κ1) is 21.0. The Morgan fingerprint density at radius 1 is 1.16 bits per heavy atom. The van der Waals surface area contributed by atoms with Gasteiger partial charge < -0.3 is 10.2 Å². The second-order valence-corrected chi connectivity index (χ2v) is 8.29. The summed E-state index contributed by atoms with van der Waals surface area (Å²) in [7, 11) is 0. The number of nitrogens with zero attached hydrogens (tertiary/aromatic N) is 4. The van der Waals surface area contributed by atoms with Crippen LogP contribution in [-0.2, 0) is 0 Å². The van der Waals surface area contributed by atoms with Crippen molar-refractivity contribution in [2.75, 3.05) is 11.9 Å². The lowest BCUT2D eigenvalue weighted by atomic mass is 10.0. The normalized spacial score (nSPS) is 16.2. The van der Waals surface area contributed by atoms with E-state index in [1.807, 2.05) is 6.92 Å². The first-order chi connectivity index (χ1) is 15.0. The highest BCUT2D eigenvalue weighted by atomic mass is 32.1. The Hall–Kier alpha value is -3.20. The molecule has 7 nitrogen and oxygen atoms in total. The maximum absolute atomic E-state index is 13.8. The molecule has 1 atom stereocenters. The van der Waals surface area contributed by atoms with Crippen LogP contribution in [0.5, 0.6) is 0 Å². The van der Waals surface area contributed by atoms with Gasteiger partial charge in [0, 0.05) is 12.7 Å². The maximum Gasteiger partial charge on any atom is 0.266 e. The summed E-state index contributed by atoms with van der Waals surface area (Å²) in [5, 5.41) is 2.55. The van der Waals surface area contributed by atoms with E-state index in [0.29, 0.717) is 22.9 Å². The van der Waals surface area contributed by atoms with Crippen LogP contribution in [0.4, 0.5) is 10.1 Å². The van der Waals surface area contributed by atoms with Gasteiger partial charge in [0.15, 0.2) is 5.82 Å². The van der Waals surface area contributed by atoms with Crippen molar-refractivity contribution >= 4 is 28.8 Å². The Labute approximate surface area is 183 Å². The zero-order valence-corrected chi connectivity index (χ0v) is 18.1. The van der Waals surface area contributed by atoms with Crippen LogP contribution in [0.1, 0.15) is 62.5 Å². The predicted molar refractivity (Wildman–Crippen MR) is 116 cm³/mol. The van der Waals surface area contributed by atoms with Gasteiger partial charge in [-0.25, -0.2) is 19.3 Å². The van der Waals surface area contributed by atoms with Gasteiger partial charge >= 0.3 is 0 Å². The number of rotatable bonds is 4. The summed E-state index contributed by atoms with van der Waals surface area (Å²) in [6.45, 7) is 4.16. The van der Waals surface area contributed by atoms with Crippen molar-refractivity contribution in [2.24, 2.45) is 0 Å². The number of likely N-dealkylation sites (tertiary alicyclic amines) is 1. The van der Waals surface area contributed by atoms with Crippen LogP contribution in [0.25, 0.3) is 0 Å². The van der Waals surface area contributed by atoms with E-state index in [2.05, 4.69) is 20.3 Å². The molecule has 0 radical (unpaired) electrons. The predicted octanol–water partition coefficient (Wildman–Crippen LogP) is 4.31. The van der Waals surface area contributed by atoms with Crippen LogP contribution < -0.4 is 5.32 Å². The SMILES string of the molecule is Cc1nc(C2CCCCN2C(=O)c2scnc2C)ncc1C(=O)Nc1ccccc1F. The minimum atomic E-state index is -0.513. The third kappa shape index (κ3) is 4.32. The van der Waals surface area contributed by atoms with Gasteiger partial charge in [0.05, 0.1) is 34.2 Å². The number of halogens is 1. The van der Waals surface area contributed by atoms with Gasteiger partial charge in [-0.3, -0.25) is 9.59 Å². The second kappa shape index (κ2) is 8.89. The van der Waals surface area contributed by atoms with Gasteiger partial charge in [0.1, 0.15) is 10.7 Å². The Kier molecular flexibility index (Phi) is 6.03. The molecule has 31 heavy (non-hydrogen) atoms. The zero-order valence-electron chi connectivity index (χ0n) is 17.3. The van der Waals surface area contributed by atoms with Crippen molar-refractivity contribution in [3.05, 3.63) is 69.4 Å². The molecule has 1 aliphatic heterocycles.